The van der Waals surface area contributed by atoms with Gasteiger partial charge in [0.1, 0.15) is 5.82 Å². The number of aryl methyl sites for hydroxylation is 1. The van der Waals surface area contributed by atoms with Crippen molar-refractivity contribution in [2.75, 3.05) is 0 Å². The Morgan fingerprint density at radius 1 is 1.16 bits per heavy atom. The van der Waals surface area contributed by atoms with Gasteiger partial charge in [0, 0.05) is 24.4 Å². The number of aliphatic hydroxyl groups excluding tert-OH is 1. The maximum atomic E-state index is 13.3. The lowest BCUT2D eigenvalue weighted by Crippen LogP contribution is -2.55. The zero-order valence-electron chi connectivity index (χ0n) is 17.8. The number of nitrogens with zero attached hydrogens (tertiary/aromatic N) is 2. The first-order valence-corrected chi connectivity index (χ1v) is 12.0. The van der Waals surface area contributed by atoms with Gasteiger partial charge < -0.3 is 9.67 Å². The number of hydrogen-bond acceptors (Lipinski definition) is 4. The maximum Gasteiger partial charge on any atom is 0.241 e. The van der Waals surface area contributed by atoms with E-state index in [-0.39, 0.29) is 10.9 Å². The third kappa shape index (κ3) is 4.31. The highest BCUT2D eigenvalue weighted by Gasteiger charge is 2.51. The van der Waals surface area contributed by atoms with Crippen molar-refractivity contribution in [1.29, 1.82) is 0 Å². The van der Waals surface area contributed by atoms with Crippen LogP contribution in [0.1, 0.15) is 43.6 Å². The van der Waals surface area contributed by atoms with Crippen molar-refractivity contribution in [2.45, 2.75) is 55.7 Å². The van der Waals surface area contributed by atoms with E-state index in [1.807, 2.05) is 54.9 Å². The van der Waals surface area contributed by atoms with E-state index < -0.39 is 21.7 Å². The van der Waals surface area contributed by atoms with Crippen LogP contribution in [0.5, 0.6) is 0 Å². The highest BCUT2D eigenvalue weighted by atomic mass is 32.2. The van der Waals surface area contributed by atoms with Gasteiger partial charge in [-0.2, -0.15) is 0 Å². The highest BCUT2D eigenvalue weighted by Crippen LogP contribution is 2.45. The van der Waals surface area contributed by atoms with Crippen molar-refractivity contribution >= 4 is 10.0 Å². The molecule has 0 aliphatic heterocycles. The normalized spacial score (nSPS) is 23.1. The minimum absolute atomic E-state index is 0.0502. The van der Waals surface area contributed by atoms with Crippen molar-refractivity contribution in [3.63, 3.8) is 0 Å². The largest absolute Gasteiger partial charge is 0.390 e. The molecule has 0 amide bonds. The fourth-order valence-electron chi connectivity index (χ4n) is 4.69. The number of hydrogen-bond donors (Lipinski definition) is 2. The molecule has 3 aromatic rings. The summed E-state index contributed by atoms with van der Waals surface area (Å²) in [6, 6.07) is 18.0. The summed E-state index contributed by atoms with van der Waals surface area (Å²) in [6.07, 6.45) is 4.27. The van der Waals surface area contributed by atoms with Gasteiger partial charge in [-0.25, -0.2) is 18.1 Å². The van der Waals surface area contributed by atoms with Crippen LogP contribution in [-0.4, -0.2) is 34.7 Å². The molecule has 6 nitrogen and oxygen atoms in total. The van der Waals surface area contributed by atoms with Crippen molar-refractivity contribution in [3.05, 3.63) is 90.4 Å². The predicted octanol–water partition coefficient (Wildman–Crippen LogP) is 3.64. The molecule has 1 fully saturated rings. The average molecular weight is 439 g/mol. The molecule has 7 heteroatoms. The number of aliphatic hydroxyl groups is 1. The Morgan fingerprint density at radius 3 is 2.42 bits per heavy atom. The first-order valence-electron chi connectivity index (χ1n) is 10.5. The van der Waals surface area contributed by atoms with Gasteiger partial charge in [-0.1, -0.05) is 48.5 Å². The van der Waals surface area contributed by atoms with Gasteiger partial charge in [-0.15, -0.1) is 0 Å². The van der Waals surface area contributed by atoms with E-state index in [2.05, 4.69) is 9.71 Å². The summed E-state index contributed by atoms with van der Waals surface area (Å²) in [5.41, 5.74) is -0.0714. The lowest BCUT2D eigenvalue weighted by atomic mass is 9.85. The van der Waals surface area contributed by atoms with Crippen LogP contribution in [0.15, 0.2) is 78.0 Å². The molecule has 0 spiro atoms. The number of sulfonamides is 1. The molecular weight excluding hydrogens is 410 g/mol. The number of aromatic nitrogens is 2. The second-order valence-corrected chi connectivity index (χ2v) is 9.99. The topological polar surface area (TPSA) is 84.2 Å². The molecule has 2 unspecified atom stereocenters. The summed E-state index contributed by atoms with van der Waals surface area (Å²) in [5.74, 6) is 1.72. The zero-order chi connectivity index (χ0) is 22.1. The van der Waals surface area contributed by atoms with E-state index in [1.54, 1.807) is 36.5 Å². The third-order valence-electron chi connectivity index (χ3n) is 6.23. The summed E-state index contributed by atoms with van der Waals surface area (Å²) in [7, 11) is -3.81. The Morgan fingerprint density at radius 2 is 1.81 bits per heavy atom. The Hall–Kier alpha value is -2.48. The Kier molecular flexibility index (Phi) is 6.01. The van der Waals surface area contributed by atoms with Gasteiger partial charge in [-0.3, -0.25) is 0 Å². The molecule has 1 aliphatic carbocycles. The van der Waals surface area contributed by atoms with E-state index >= 15 is 0 Å². The van der Waals surface area contributed by atoms with E-state index in [9.17, 15) is 13.5 Å². The van der Waals surface area contributed by atoms with Crippen molar-refractivity contribution < 1.29 is 13.5 Å². The SMILES string of the molecule is Cc1nccn1C(C)CC1(NS(=O)(=O)c2ccccc2)CC[C](c2ccccc2)[C@H]1O. The van der Waals surface area contributed by atoms with Crippen molar-refractivity contribution in [3.8, 4) is 0 Å². The van der Waals surface area contributed by atoms with Crippen LogP contribution in [0.3, 0.4) is 0 Å². The van der Waals surface area contributed by atoms with Gasteiger partial charge in [0.2, 0.25) is 10.0 Å². The van der Waals surface area contributed by atoms with Gasteiger partial charge in [0.15, 0.2) is 0 Å². The van der Waals surface area contributed by atoms with Crippen LogP contribution in [0, 0.1) is 12.8 Å². The van der Waals surface area contributed by atoms with Crippen LogP contribution in [0.25, 0.3) is 0 Å². The zero-order valence-corrected chi connectivity index (χ0v) is 18.6. The van der Waals surface area contributed by atoms with E-state index in [4.69, 9.17) is 0 Å². The van der Waals surface area contributed by atoms with E-state index in [1.165, 1.54) is 0 Å². The third-order valence-corrected chi connectivity index (χ3v) is 7.79. The van der Waals surface area contributed by atoms with Gasteiger partial charge in [0.05, 0.1) is 16.5 Å². The predicted molar refractivity (Wildman–Crippen MR) is 120 cm³/mol. The number of nitrogens with one attached hydrogen (secondary N) is 1. The molecule has 1 radical (unpaired) electrons. The highest BCUT2D eigenvalue weighted by molar-refractivity contribution is 7.89. The number of imidazole rings is 1. The van der Waals surface area contributed by atoms with Crippen LogP contribution < -0.4 is 4.72 Å². The second kappa shape index (κ2) is 8.57. The van der Waals surface area contributed by atoms with Crippen LogP contribution in [-0.2, 0) is 10.0 Å². The first-order chi connectivity index (χ1) is 14.8. The molecule has 2 N–H and O–H groups in total. The van der Waals surface area contributed by atoms with Crippen LogP contribution in [0.4, 0.5) is 0 Å². The van der Waals surface area contributed by atoms with E-state index in [0.29, 0.717) is 19.3 Å². The monoisotopic (exact) mass is 438 g/mol. The maximum absolute atomic E-state index is 13.3. The lowest BCUT2D eigenvalue weighted by molar-refractivity contribution is 0.0977. The summed E-state index contributed by atoms with van der Waals surface area (Å²) in [5, 5.41) is 11.5. The smallest absolute Gasteiger partial charge is 0.241 e. The molecule has 1 heterocycles. The molecule has 1 saturated carbocycles. The quantitative estimate of drug-likeness (QED) is 0.590. The van der Waals surface area contributed by atoms with E-state index in [0.717, 1.165) is 17.3 Å². The fraction of sp³-hybridized carbons (Fsp3) is 0.333. The molecule has 1 aliphatic rings. The average Bonchev–Trinajstić information content (AvgIpc) is 3.33. The Labute approximate surface area is 184 Å². The molecule has 31 heavy (non-hydrogen) atoms. The summed E-state index contributed by atoms with van der Waals surface area (Å²) < 4.78 is 31.5. The van der Waals surface area contributed by atoms with Gasteiger partial charge >= 0.3 is 0 Å². The molecule has 4 rings (SSSR count). The van der Waals surface area contributed by atoms with Gasteiger partial charge in [-0.05, 0) is 50.8 Å². The van der Waals surface area contributed by atoms with Crippen LogP contribution in [0.2, 0.25) is 0 Å². The molecule has 1 aromatic heterocycles. The Bertz CT molecular complexity index is 1120. The van der Waals surface area contributed by atoms with Crippen molar-refractivity contribution in [2.24, 2.45) is 0 Å². The second-order valence-electron chi connectivity index (χ2n) is 8.30. The van der Waals surface area contributed by atoms with Crippen LogP contribution >= 0.6 is 0 Å². The summed E-state index contributed by atoms with van der Waals surface area (Å²) in [4.78, 5) is 4.49. The molecule has 0 saturated heterocycles. The minimum atomic E-state index is -3.81. The summed E-state index contributed by atoms with van der Waals surface area (Å²) in [6.45, 7) is 3.95. The van der Waals surface area contributed by atoms with Crippen molar-refractivity contribution in [1.82, 2.24) is 14.3 Å². The molecule has 0 bridgehead atoms. The Balaban J connectivity index is 1.70. The minimum Gasteiger partial charge on any atom is -0.390 e. The standard InChI is InChI=1S/C24H28N3O3S/c1-18(27-16-15-25-19(27)2)17-24(26-31(29,30)21-11-7-4-8-12-21)14-13-22(23(24)28)20-9-5-3-6-10-20/h3-12,15-16,18,23,26,28H,13-14,17H2,1-2H3/t18?,23-,24?/m1/s1. The molecule has 3 atom stereocenters. The summed E-state index contributed by atoms with van der Waals surface area (Å²) >= 11 is 0. The first kappa shape index (κ1) is 21.7. The molecular formula is C24H28N3O3S. The fourth-order valence-corrected chi connectivity index (χ4v) is 6.15. The number of benzene rings is 2. The number of rotatable bonds is 7. The molecule has 163 valence electrons. The lowest BCUT2D eigenvalue weighted by Gasteiger charge is -2.37. The van der Waals surface area contributed by atoms with Gasteiger partial charge in [0.25, 0.3) is 0 Å². The molecule has 2 aromatic carbocycles.